The van der Waals surface area contributed by atoms with Crippen LogP contribution in [-0.2, 0) is 4.79 Å². The number of nitrogens with zero attached hydrogens (tertiary/aromatic N) is 1. The predicted octanol–water partition coefficient (Wildman–Crippen LogP) is 3.47. The highest BCUT2D eigenvalue weighted by Gasteiger charge is 2.30. The molecule has 0 aromatic rings. The van der Waals surface area contributed by atoms with Crippen molar-refractivity contribution in [1.82, 2.24) is 10.2 Å². The number of carbonyl (C=O) groups excluding carboxylic acids is 1. The summed E-state index contributed by atoms with van der Waals surface area (Å²) in [7, 11) is 0. The number of nitrogens with one attached hydrogen (secondary N) is 1. The van der Waals surface area contributed by atoms with E-state index in [1.54, 1.807) is 0 Å². The zero-order valence-corrected chi connectivity index (χ0v) is 14.8. The second kappa shape index (κ2) is 8.99. The Hall–Kier alpha value is -0.280. The van der Waals surface area contributed by atoms with Crippen LogP contribution in [0.2, 0.25) is 0 Å². The van der Waals surface area contributed by atoms with Crippen molar-refractivity contribution in [1.29, 1.82) is 0 Å². The minimum absolute atomic E-state index is 0. The number of rotatable bonds is 4. The number of carbonyl (C=O) groups is 1. The van der Waals surface area contributed by atoms with Crippen LogP contribution in [0.3, 0.4) is 0 Å². The second-order valence-electron chi connectivity index (χ2n) is 7.32. The van der Waals surface area contributed by atoms with Gasteiger partial charge in [0.15, 0.2) is 0 Å². The van der Waals surface area contributed by atoms with Gasteiger partial charge in [0.2, 0.25) is 5.91 Å². The van der Waals surface area contributed by atoms with Crippen molar-refractivity contribution in [2.45, 2.75) is 65.3 Å². The Bertz CT molecular complexity index is 314. The van der Waals surface area contributed by atoms with Crippen LogP contribution in [0.4, 0.5) is 0 Å². The summed E-state index contributed by atoms with van der Waals surface area (Å²) in [5, 5.41) is 3.43. The smallest absolute Gasteiger partial charge is 0.225 e. The third-order valence-corrected chi connectivity index (χ3v) is 5.05. The largest absolute Gasteiger partial charge is 0.342 e. The van der Waals surface area contributed by atoms with E-state index in [0.29, 0.717) is 11.9 Å². The fourth-order valence-corrected chi connectivity index (χ4v) is 3.63. The summed E-state index contributed by atoms with van der Waals surface area (Å²) in [5.74, 6) is 2.37. The van der Waals surface area contributed by atoms with Crippen molar-refractivity contribution < 1.29 is 4.79 Å². The average Bonchev–Trinajstić information content (AvgIpc) is 2.45. The van der Waals surface area contributed by atoms with Gasteiger partial charge in [-0.05, 0) is 51.0 Å². The molecule has 4 heteroatoms. The van der Waals surface area contributed by atoms with Gasteiger partial charge in [-0.1, -0.05) is 26.7 Å². The van der Waals surface area contributed by atoms with Gasteiger partial charge >= 0.3 is 0 Å². The molecule has 0 unspecified atom stereocenters. The summed E-state index contributed by atoms with van der Waals surface area (Å²) < 4.78 is 0. The highest BCUT2D eigenvalue weighted by molar-refractivity contribution is 5.85. The van der Waals surface area contributed by atoms with Crippen molar-refractivity contribution in [3.63, 3.8) is 0 Å². The molecule has 3 nitrogen and oxygen atoms in total. The van der Waals surface area contributed by atoms with Gasteiger partial charge < -0.3 is 10.2 Å². The lowest BCUT2D eigenvalue weighted by Gasteiger charge is -2.36. The second-order valence-corrected chi connectivity index (χ2v) is 7.32. The molecule has 2 saturated heterocycles. The SMILES string of the molecule is CC(C)CCC1CCN(C(=O)[C@H]2CCN[C@@H](C)C2)CC1.Cl. The summed E-state index contributed by atoms with van der Waals surface area (Å²) >= 11 is 0. The maximum Gasteiger partial charge on any atom is 0.225 e. The van der Waals surface area contributed by atoms with Crippen LogP contribution in [0.1, 0.15) is 59.3 Å². The van der Waals surface area contributed by atoms with Crippen molar-refractivity contribution in [2.24, 2.45) is 17.8 Å². The molecule has 124 valence electrons. The fourth-order valence-electron chi connectivity index (χ4n) is 3.63. The van der Waals surface area contributed by atoms with Crippen molar-refractivity contribution in [3.05, 3.63) is 0 Å². The number of amides is 1. The van der Waals surface area contributed by atoms with Crippen LogP contribution in [0.25, 0.3) is 0 Å². The van der Waals surface area contributed by atoms with Crippen LogP contribution < -0.4 is 5.32 Å². The monoisotopic (exact) mass is 316 g/mol. The summed E-state index contributed by atoms with van der Waals surface area (Å²) in [5.41, 5.74) is 0. The fraction of sp³-hybridized carbons (Fsp3) is 0.941. The quantitative estimate of drug-likeness (QED) is 0.861. The first kappa shape index (κ1) is 18.8. The van der Waals surface area contributed by atoms with E-state index in [0.717, 1.165) is 44.3 Å². The molecule has 2 aliphatic rings. The molecule has 0 bridgehead atoms. The van der Waals surface area contributed by atoms with E-state index in [4.69, 9.17) is 0 Å². The Morgan fingerprint density at radius 2 is 1.90 bits per heavy atom. The molecule has 2 rings (SSSR count). The molecule has 21 heavy (non-hydrogen) atoms. The van der Waals surface area contributed by atoms with Gasteiger partial charge in [0.1, 0.15) is 0 Å². The summed E-state index contributed by atoms with van der Waals surface area (Å²) in [6, 6.07) is 0.501. The molecule has 0 aliphatic carbocycles. The van der Waals surface area contributed by atoms with Crippen LogP contribution >= 0.6 is 12.4 Å². The molecule has 1 amide bonds. The third-order valence-electron chi connectivity index (χ3n) is 5.05. The van der Waals surface area contributed by atoms with Gasteiger partial charge in [-0.3, -0.25) is 4.79 Å². The van der Waals surface area contributed by atoms with Gasteiger partial charge in [0.05, 0.1) is 0 Å². The topological polar surface area (TPSA) is 32.3 Å². The lowest BCUT2D eigenvalue weighted by atomic mass is 9.87. The number of piperidine rings is 2. The minimum atomic E-state index is 0. The molecule has 0 radical (unpaired) electrons. The highest BCUT2D eigenvalue weighted by atomic mass is 35.5. The molecule has 0 saturated carbocycles. The highest BCUT2D eigenvalue weighted by Crippen LogP contribution is 2.26. The lowest BCUT2D eigenvalue weighted by molar-refractivity contribution is -0.138. The first-order valence-corrected chi connectivity index (χ1v) is 8.58. The molecule has 1 N–H and O–H groups in total. The first-order chi connectivity index (χ1) is 9.56. The van der Waals surface area contributed by atoms with E-state index in [1.165, 1.54) is 25.7 Å². The molecular weight excluding hydrogens is 284 g/mol. The van der Waals surface area contributed by atoms with Crippen LogP contribution in [0.5, 0.6) is 0 Å². The lowest BCUT2D eigenvalue weighted by Crippen LogP contribution is -2.46. The molecule has 2 aliphatic heterocycles. The predicted molar refractivity (Wildman–Crippen MR) is 90.8 cm³/mol. The number of likely N-dealkylation sites (tertiary alicyclic amines) is 1. The van der Waals surface area contributed by atoms with Gasteiger partial charge in [-0.25, -0.2) is 0 Å². The van der Waals surface area contributed by atoms with E-state index < -0.39 is 0 Å². The molecule has 2 atom stereocenters. The first-order valence-electron chi connectivity index (χ1n) is 8.58. The van der Waals surface area contributed by atoms with E-state index in [2.05, 4.69) is 31.0 Å². The Kier molecular flexibility index (Phi) is 8.04. The zero-order chi connectivity index (χ0) is 14.5. The number of halogens is 1. The van der Waals surface area contributed by atoms with Gasteiger partial charge in [-0.2, -0.15) is 0 Å². The van der Waals surface area contributed by atoms with Crippen LogP contribution in [-0.4, -0.2) is 36.5 Å². The van der Waals surface area contributed by atoms with Crippen LogP contribution in [0.15, 0.2) is 0 Å². The van der Waals surface area contributed by atoms with Gasteiger partial charge in [0.25, 0.3) is 0 Å². The van der Waals surface area contributed by atoms with E-state index in [1.807, 2.05) is 0 Å². The molecule has 2 heterocycles. The van der Waals surface area contributed by atoms with Crippen molar-refractivity contribution in [3.8, 4) is 0 Å². The van der Waals surface area contributed by atoms with Crippen LogP contribution in [0, 0.1) is 17.8 Å². The summed E-state index contributed by atoms with van der Waals surface area (Å²) in [6.45, 7) is 9.80. The van der Waals surface area contributed by atoms with E-state index in [-0.39, 0.29) is 18.3 Å². The number of hydrogen-bond acceptors (Lipinski definition) is 2. The maximum atomic E-state index is 12.6. The summed E-state index contributed by atoms with van der Waals surface area (Å²) in [6.07, 6.45) is 7.18. The van der Waals surface area contributed by atoms with E-state index >= 15 is 0 Å². The Morgan fingerprint density at radius 3 is 2.48 bits per heavy atom. The average molecular weight is 317 g/mol. The molecular formula is C17H33ClN2O. The third kappa shape index (κ3) is 5.78. The molecule has 2 fully saturated rings. The van der Waals surface area contributed by atoms with Crippen molar-refractivity contribution in [2.75, 3.05) is 19.6 Å². The molecule has 0 spiro atoms. The Labute approximate surface area is 136 Å². The van der Waals surface area contributed by atoms with Crippen molar-refractivity contribution >= 4 is 18.3 Å². The van der Waals surface area contributed by atoms with Gasteiger partial charge in [-0.15, -0.1) is 12.4 Å². The molecule has 0 aromatic carbocycles. The van der Waals surface area contributed by atoms with Gasteiger partial charge in [0, 0.05) is 25.0 Å². The zero-order valence-electron chi connectivity index (χ0n) is 13.9. The maximum absolute atomic E-state index is 12.6. The molecule has 0 aromatic heterocycles. The number of hydrogen-bond donors (Lipinski definition) is 1. The Morgan fingerprint density at radius 1 is 1.24 bits per heavy atom. The minimum Gasteiger partial charge on any atom is -0.342 e. The normalized spacial score (nSPS) is 27.5. The Balaban J connectivity index is 0.00000220. The van der Waals surface area contributed by atoms with E-state index in [9.17, 15) is 4.79 Å². The standard InChI is InChI=1S/C17H32N2O.ClH/c1-13(2)4-5-15-7-10-19(11-8-15)17(20)16-6-9-18-14(3)12-16;/h13-16,18H,4-12H2,1-3H3;1H/t14-,16-;/m0./s1. The summed E-state index contributed by atoms with van der Waals surface area (Å²) in [4.78, 5) is 14.7.